The van der Waals surface area contributed by atoms with Crippen molar-refractivity contribution in [3.05, 3.63) is 29.3 Å². The molecule has 0 aromatic heterocycles. The fourth-order valence-corrected chi connectivity index (χ4v) is 3.27. The minimum atomic E-state index is -0.948. The maximum atomic E-state index is 12.3. The van der Waals surface area contributed by atoms with Gasteiger partial charge >= 0.3 is 5.97 Å². The Kier molecular flexibility index (Phi) is 4.02. The molecule has 1 aromatic carbocycles. The first-order valence-electron chi connectivity index (χ1n) is 7.71. The van der Waals surface area contributed by atoms with Gasteiger partial charge in [0, 0.05) is 19.0 Å². The van der Waals surface area contributed by atoms with Crippen molar-refractivity contribution in [1.29, 1.82) is 0 Å². The number of aryl methyl sites for hydroxylation is 2. The highest BCUT2D eigenvalue weighted by molar-refractivity contribution is 5.82. The number of rotatable bonds is 4. The monoisotopic (exact) mass is 319 g/mol. The number of ether oxygens (including phenoxy) is 2. The Morgan fingerprint density at radius 2 is 2.17 bits per heavy atom. The molecule has 0 aliphatic carbocycles. The second-order valence-electron chi connectivity index (χ2n) is 6.48. The second kappa shape index (κ2) is 5.85. The number of hydrogen-bond donors (Lipinski definition) is 1. The Hall–Kier alpha value is -2.08. The minimum absolute atomic E-state index is 0.0776. The summed E-state index contributed by atoms with van der Waals surface area (Å²) in [5, 5.41) is 9.49. The highest BCUT2D eigenvalue weighted by Crippen LogP contribution is 2.41. The SMILES string of the molecule is Cc1ccc(OCC(=O)N2C[C@@H]3COC[C@]3(C(=O)O)C2)cc1C. The molecule has 124 valence electrons. The fourth-order valence-electron chi connectivity index (χ4n) is 3.27. The van der Waals surface area contributed by atoms with Crippen LogP contribution in [0.25, 0.3) is 0 Å². The first-order valence-corrected chi connectivity index (χ1v) is 7.71. The first kappa shape index (κ1) is 15.8. The summed E-state index contributed by atoms with van der Waals surface area (Å²) < 4.78 is 10.9. The fraction of sp³-hybridized carbons (Fsp3) is 0.529. The van der Waals surface area contributed by atoms with Gasteiger partial charge in [-0.25, -0.2) is 0 Å². The molecule has 2 aliphatic rings. The van der Waals surface area contributed by atoms with E-state index in [4.69, 9.17) is 9.47 Å². The van der Waals surface area contributed by atoms with Gasteiger partial charge in [0.1, 0.15) is 11.2 Å². The van der Waals surface area contributed by atoms with Crippen molar-refractivity contribution in [3.63, 3.8) is 0 Å². The van der Waals surface area contributed by atoms with Crippen LogP contribution in [-0.2, 0) is 14.3 Å². The van der Waals surface area contributed by atoms with Crippen LogP contribution < -0.4 is 4.74 Å². The number of fused-ring (bicyclic) bond motifs is 1. The third-order valence-electron chi connectivity index (χ3n) is 4.99. The van der Waals surface area contributed by atoms with Crippen molar-refractivity contribution in [2.45, 2.75) is 13.8 Å². The van der Waals surface area contributed by atoms with E-state index in [1.54, 1.807) is 4.90 Å². The summed E-state index contributed by atoms with van der Waals surface area (Å²) in [4.78, 5) is 25.5. The molecular formula is C17H21NO5. The molecule has 1 N–H and O–H groups in total. The summed E-state index contributed by atoms with van der Waals surface area (Å²) in [6, 6.07) is 5.68. The van der Waals surface area contributed by atoms with Crippen LogP contribution in [0.4, 0.5) is 0 Å². The molecule has 2 heterocycles. The van der Waals surface area contributed by atoms with Gasteiger partial charge in [-0.15, -0.1) is 0 Å². The summed E-state index contributed by atoms with van der Waals surface area (Å²) >= 11 is 0. The molecule has 0 saturated carbocycles. The molecule has 1 amide bonds. The van der Waals surface area contributed by atoms with E-state index in [2.05, 4.69) is 0 Å². The summed E-state index contributed by atoms with van der Waals surface area (Å²) in [7, 11) is 0. The maximum Gasteiger partial charge on any atom is 0.314 e. The van der Waals surface area contributed by atoms with Gasteiger partial charge in [-0.3, -0.25) is 9.59 Å². The van der Waals surface area contributed by atoms with Crippen LogP contribution in [0.2, 0.25) is 0 Å². The predicted molar refractivity (Wildman–Crippen MR) is 82.4 cm³/mol. The molecule has 23 heavy (non-hydrogen) atoms. The smallest absolute Gasteiger partial charge is 0.314 e. The number of nitrogens with zero attached hydrogens (tertiary/aromatic N) is 1. The maximum absolute atomic E-state index is 12.3. The minimum Gasteiger partial charge on any atom is -0.484 e. The van der Waals surface area contributed by atoms with E-state index >= 15 is 0 Å². The number of amides is 1. The lowest BCUT2D eigenvalue weighted by Gasteiger charge is -2.22. The number of likely N-dealkylation sites (tertiary alicyclic amines) is 1. The van der Waals surface area contributed by atoms with Gasteiger partial charge in [0.15, 0.2) is 6.61 Å². The average Bonchev–Trinajstić information content (AvgIpc) is 3.06. The zero-order valence-corrected chi connectivity index (χ0v) is 13.4. The summed E-state index contributed by atoms with van der Waals surface area (Å²) in [6.07, 6.45) is 0. The van der Waals surface area contributed by atoms with Gasteiger partial charge < -0.3 is 19.5 Å². The quantitative estimate of drug-likeness (QED) is 0.904. The van der Waals surface area contributed by atoms with Crippen molar-refractivity contribution >= 4 is 11.9 Å². The van der Waals surface area contributed by atoms with Gasteiger partial charge in [0.2, 0.25) is 0 Å². The van der Waals surface area contributed by atoms with Gasteiger partial charge in [-0.1, -0.05) is 6.07 Å². The van der Waals surface area contributed by atoms with Crippen LogP contribution in [-0.4, -0.2) is 54.8 Å². The van der Waals surface area contributed by atoms with E-state index in [1.807, 2.05) is 32.0 Å². The topological polar surface area (TPSA) is 76.1 Å². The third-order valence-corrected chi connectivity index (χ3v) is 4.99. The van der Waals surface area contributed by atoms with E-state index in [0.29, 0.717) is 18.9 Å². The van der Waals surface area contributed by atoms with Crippen molar-refractivity contribution < 1.29 is 24.2 Å². The van der Waals surface area contributed by atoms with Crippen LogP contribution in [0.1, 0.15) is 11.1 Å². The highest BCUT2D eigenvalue weighted by atomic mass is 16.5. The molecule has 0 radical (unpaired) electrons. The largest absolute Gasteiger partial charge is 0.484 e. The molecule has 0 bridgehead atoms. The van der Waals surface area contributed by atoms with E-state index in [1.165, 1.54) is 5.56 Å². The standard InChI is InChI=1S/C17H21NO5/c1-11-3-4-14(5-12(11)2)23-8-15(19)18-6-13-7-22-10-17(13,9-18)16(20)21/h3-5,13H,6-10H2,1-2H3,(H,20,21)/t13-,17-/m1/s1. The number of carboxylic acids is 1. The molecule has 3 rings (SSSR count). The lowest BCUT2D eigenvalue weighted by atomic mass is 9.81. The summed E-state index contributed by atoms with van der Waals surface area (Å²) in [5.74, 6) is -0.550. The van der Waals surface area contributed by atoms with E-state index in [9.17, 15) is 14.7 Å². The van der Waals surface area contributed by atoms with Crippen molar-refractivity contribution in [3.8, 4) is 5.75 Å². The Morgan fingerprint density at radius 3 is 2.83 bits per heavy atom. The Labute approximate surface area is 135 Å². The molecule has 2 aliphatic heterocycles. The number of carbonyl (C=O) groups is 2. The van der Waals surface area contributed by atoms with E-state index in [-0.39, 0.29) is 31.6 Å². The van der Waals surface area contributed by atoms with Gasteiger partial charge in [0.25, 0.3) is 5.91 Å². The van der Waals surface area contributed by atoms with Gasteiger partial charge in [-0.2, -0.15) is 0 Å². The Bertz CT molecular complexity index is 644. The highest BCUT2D eigenvalue weighted by Gasteiger charge is 2.57. The third kappa shape index (κ3) is 2.79. The summed E-state index contributed by atoms with van der Waals surface area (Å²) in [5.41, 5.74) is 1.32. The van der Waals surface area contributed by atoms with Crippen LogP contribution in [0.15, 0.2) is 18.2 Å². The van der Waals surface area contributed by atoms with Gasteiger partial charge in [-0.05, 0) is 37.1 Å². The molecule has 0 unspecified atom stereocenters. The lowest BCUT2D eigenvalue weighted by molar-refractivity contribution is -0.149. The predicted octanol–water partition coefficient (Wildman–Crippen LogP) is 1.24. The first-order chi connectivity index (χ1) is 10.9. The lowest BCUT2D eigenvalue weighted by Crippen LogP contribution is -2.41. The van der Waals surface area contributed by atoms with Crippen LogP contribution in [0.5, 0.6) is 5.75 Å². The van der Waals surface area contributed by atoms with Crippen molar-refractivity contribution in [2.24, 2.45) is 11.3 Å². The molecule has 6 heteroatoms. The van der Waals surface area contributed by atoms with Gasteiger partial charge in [0.05, 0.1) is 13.2 Å². The average molecular weight is 319 g/mol. The number of carboxylic acid groups (broad SMARTS) is 1. The van der Waals surface area contributed by atoms with Crippen LogP contribution in [0, 0.1) is 25.2 Å². The molecule has 1 aromatic rings. The molecule has 2 fully saturated rings. The van der Waals surface area contributed by atoms with Crippen molar-refractivity contribution in [2.75, 3.05) is 32.9 Å². The molecule has 2 atom stereocenters. The normalized spacial score (nSPS) is 26.2. The Balaban J connectivity index is 1.61. The Morgan fingerprint density at radius 1 is 1.39 bits per heavy atom. The number of hydrogen-bond acceptors (Lipinski definition) is 4. The van der Waals surface area contributed by atoms with E-state index in [0.717, 1.165) is 5.56 Å². The second-order valence-corrected chi connectivity index (χ2v) is 6.48. The molecule has 0 spiro atoms. The number of aliphatic carboxylic acids is 1. The molecular weight excluding hydrogens is 298 g/mol. The van der Waals surface area contributed by atoms with Crippen LogP contribution >= 0.6 is 0 Å². The zero-order valence-electron chi connectivity index (χ0n) is 13.4. The number of carbonyl (C=O) groups excluding carboxylic acids is 1. The molecule has 6 nitrogen and oxygen atoms in total. The van der Waals surface area contributed by atoms with Crippen molar-refractivity contribution in [1.82, 2.24) is 4.90 Å². The summed E-state index contributed by atoms with van der Waals surface area (Å²) in [6.45, 7) is 5.11. The van der Waals surface area contributed by atoms with Crippen LogP contribution in [0.3, 0.4) is 0 Å². The zero-order chi connectivity index (χ0) is 16.6. The number of benzene rings is 1. The molecule has 2 saturated heterocycles. The van der Waals surface area contributed by atoms with E-state index < -0.39 is 11.4 Å².